The number of anilines is 2. The van der Waals surface area contributed by atoms with E-state index in [9.17, 15) is 14.0 Å². The lowest BCUT2D eigenvalue weighted by Crippen LogP contribution is -2.33. The average molecular weight is 445 g/mol. The second-order valence-electron chi connectivity index (χ2n) is 8.83. The number of nitrogens with one attached hydrogen (secondary N) is 1. The molecule has 1 aromatic carbocycles. The third-order valence-corrected chi connectivity index (χ3v) is 6.69. The van der Waals surface area contributed by atoms with Crippen molar-refractivity contribution in [3.8, 4) is 0 Å². The Bertz CT molecular complexity index is 910. The number of rotatable bonds is 6. The lowest BCUT2D eigenvalue weighted by molar-refractivity contribution is -0.119. The van der Waals surface area contributed by atoms with Gasteiger partial charge in [-0.05, 0) is 30.0 Å². The third kappa shape index (κ3) is 4.23. The Morgan fingerprint density at radius 1 is 1.25 bits per heavy atom. The second-order valence-corrected chi connectivity index (χ2v) is 8.83. The van der Waals surface area contributed by atoms with Gasteiger partial charge in [0, 0.05) is 32.1 Å². The minimum Gasteiger partial charge on any atom is -0.442 e. The summed E-state index contributed by atoms with van der Waals surface area (Å²) in [5.41, 5.74) is 1.02. The van der Waals surface area contributed by atoms with Gasteiger partial charge in [0.1, 0.15) is 11.9 Å². The van der Waals surface area contributed by atoms with Crippen LogP contribution in [0.15, 0.2) is 23.3 Å². The number of hydrogen-bond donors (Lipinski definition) is 1. The molecule has 0 radical (unpaired) electrons. The minimum atomic E-state index is -0.530. The number of carbonyl (C=O) groups is 2. The van der Waals surface area contributed by atoms with Crippen LogP contribution in [-0.4, -0.2) is 81.8 Å². The molecule has 5 rings (SSSR count). The second kappa shape index (κ2) is 8.57. The Morgan fingerprint density at radius 2 is 2.00 bits per heavy atom. The maximum Gasteiger partial charge on any atom is 0.414 e. The number of halogens is 1. The summed E-state index contributed by atoms with van der Waals surface area (Å²) in [4.78, 5) is 26.7. The summed E-state index contributed by atoms with van der Waals surface area (Å²) in [5, 5.41) is 9.29. The Morgan fingerprint density at radius 3 is 2.69 bits per heavy atom. The standard InChI is InChI=1S/C22H28FN5O4/c1-14(29)24-9-16-11-28(22(30)32-16)15-2-3-21(20(23)8-15)26-12-18-17(19(18)13-26)10-25-27-4-6-31-7-5-27/h2-3,8,10,16-19H,4-7,9,11-13H2,1H3,(H,24,29)/t16-,17?,18?,19?/m0/s1. The molecule has 2 amide bonds. The molecule has 1 aromatic rings. The first-order chi connectivity index (χ1) is 15.5. The predicted molar refractivity (Wildman–Crippen MR) is 116 cm³/mol. The molecule has 3 aliphatic heterocycles. The van der Waals surface area contributed by atoms with Gasteiger partial charge >= 0.3 is 6.09 Å². The summed E-state index contributed by atoms with van der Waals surface area (Å²) in [6, 6.07) is 4.88. The van der Waals surface area contributed by atoms with Crippen LogP contribution < -0.4 is 15.1 Å². The number of amides is 2. The molecule has 2 unspecified atom stereocenters. The van der Waals surface area contributed by atoms with Crippen LogP contribution in [0, 0.1) is 23.6 Å². The molecule has 0 aromatic heterocycles. The van der Waals surface area contributed by atoms with Crippen molar-refractivity contribution in [2.75, 3.05) is 62.3 Å². The number of benzene rings is 1. The third-order valence-electron chi connectivity index (χ3n) is 6.69. The number of hydrogen-bond acceptors (Lipinski definition) is 7. The van der Waals surface area contributed by atoms with Crippen molar-refractivity contribution >= 4 is 29.6 Å². The molecule has 0 bridgehead atoms. The van der Waals surface area contributed by atoms with Crippen LogP contribution in [-0.2, 0) is 14.3 Å². The van der Waals surface area contributed by atoms with Gasteiger partial charge in [-0.25, -0.2) is 9.18 Å². The van der Waals surface area contributed by atoms with E-state index in [0.717, 1.165) is 39.4 Å². The van der Waals surface area contributed by atoms with Gasteiger partial charge in [-0.3, -0.25) is 14.7 Å². The Kier molecular flexibility index (Phi) is 5.62. The van der Waals surface area contributed by atoms with Crippen LogP contribution in [0.4, 0.5) is 20.6 Å². The van der Waals surface area contributed by atoms with E-state index in [1.165, 1.54) is 17.9 Å². The van der Waals surface area contributed by atoms with Crippen LogP contribution in [0.2, 0.25) is 0 Å². The van der Waals surface area contributed by atoms with Crippen LogP contribution in [0.5, 0.6) is 0 Å². The van der Waals surface area contributed by atoms with Gasteiger partial charge in [0.05, 0.1) is 50.8 Å². The van der Waals surface area contributed by atoms with E-state index in [4.69, 9.17) is 9.47 Å². The lowest BCUT2D eigenvalue weighted by Gasteiger charge is -2.24. The van der Waals surface area contributed by atoms with Gasteiger partial charge in [0.25, 0.3) is 0 Å². The van der Waals surface area contributed by atoms with Crippen molar-refractivity contribution in [1.29, 1.82) is 0 Å². The van der Waals surface area contributed by atoms with E-state index >= 15 is 0 Å². The first-order valence-electron chi connectivity index (χ1n) is 11.1. The molecule has 9 nitrogen and oxygen atoms in total. The summed E-state index contributed by atoms with van der Waals surface area (Å²) < 4.78 is 25.5. The topological polar surface area (TPSA) is 86.7 Å². The molecule has 32 heavy (non-hydrogen) atoms. The molecule has 4 aliphatic rings. The van der Waals surface area contributed by atoms with Gasteiger partial charge in [-0.15, -0.1) is 0 Å². The number of hydrazone groups is 1. The van der Waals surface area contributed by atoms with E-state index in [1.807, 2.05) is 0 Å². The van der Waals surface area contributed by atoms with E-state index in [-0.39, 0.29) is 24.8 Å². The van der Waals surface area contributed by atoms with Crippen molar-refractivity contribution in [3.63, 3.8) is 0 Å². The number of fused-ring (bicyclic) bond motifs is 1. The molecule has 4 fully saturated rings. The van der Waals surface area contributed by atoms with Gasteiger partial charge in [-0.1, -0.05) is 0 Å². The van der Waals surface area contributed by atoms with Crippen molar-refractivity contribution in [2.24, 2.45) is 22.9 Å². The maximum absolute atomic E-state index is 14.9. The molecular formula is C22H28FN5O4. The summed E-state index contributed by atoms with van der Waals surface area (Å²) in [7, 11) is 0. The number of carbonyl (C=O) groups excluding carboxylic acids is 2. The predicted octanol–water partition coefficient (Wildman–Crippen LogP) is 1.29. The maximum atomic E-state index is 14.9. The van der Waals surface area contributed by atoms with E-state index in [2.05, 4.69) is 26.5 Å². The Balaban J connectivity index is 1.16. The molecule has 1 aliphatic carbocycles. The number of ether oxygens (including phenoxy) is 2. The zero-order valence-corrected chi connectivity index (χ0v) is 18.1. The molecule has 3 atom stereocenters. The van der Waals surface area contributed by atoms with Crippen LogP contribution in [0.1, 0.15) is 6.92 Å². The molecule has 10 heteroatoms. The van der Waals surface area contributed by atoms with E-state index in [0.29, 0.717) is 29.1 Å². The number of cyclic esters (lactones) is 1. The average Bonchev–Trinajstić information content (AvgIpc) is 3.09. The number of piperidine rings is 1. The molecule has 1 saturated carbocycles. The van der Waals surface area contributed by atoms with Crippen molar-refractivity contribution in [1.82, 2.24) is 10.3 Å². The van der Waals surface area contributed by atoms with Crippen LogP contribution in [0.3, 0.4) is 0 Å². The highest BCUT2D eigenvalue weighted by atomic mass is 19.1. The van der Waals surface area contributed by atoms with Crippen LogP contribution >= 0.6 is 0 Å². The van der Waals surface area contributed by atoms with E-state index in [1.54, 1.807) is 12.1 Å². The largest absolute Gasteiger partial charge is 0.442 e. The lowest BCUT2D eigenvalue weighted by atomic mass is 10.2. The monoisotopic (exact) mass is 445 g/mol. The fourth-order valence-electron chi connectivity index (χ4n) is 4.85. The summed E-state index contributed by atoms with van der Waals surface area (Å²) in [6.45, 7) is 6.66. The summed E-state index contributed by atoms with van der Waals surface area (Å²) in [5.74, 6) is 0.967. The molecule has 1 N–H and O–H groups in total. The Hall–Kier alpha value is -2.88. The molecular weight excluding hydrogens is 417 g/mol. The highest BCUT2D eigenvalue weighted by molar-refractivity contribution is 5.90. The normalized spacial score (nSPS) is 29.4. The van der Waals surface area contributed by atoms with Crippen LogP contribution in [0.25, 0.3) is 0 Å². The van der Waals surface area contributed by atoms with Crippen molar-refractivity contribution in [2.45, 2.75) is 13.0 Å². The summed E-state index contributed by atoms with van der Waals surface area (Å²) >= 11 is 0. The SMILES string of the molecule is CC(=O)NC[C@H]1CN(c2ccc(N3CC4C(C=NN5CCOCC5)C4C3)c(F)c2)C(=O)O1. The molecule has 0 spiro atoms. The van der Waals surface area contributed by atoms with E-state index < -0.39 is 12.2 Å². The number of nitrogens with zero attached hydrogens (tertiary/aromatic N) is 4. The minimum absolute atomic E-state index is 0.187. The first kappa shape index (κ1) is 21.0. The zero-order valence-electron chi connectivity index (χ0n) is 18.1. The smallest absolute Gasteiger partial charge is 0.414 e. The van der Waals surface area contributed by atoms with Crippen molar-refractivity contribution < 1.29 is 23.5 Å². The fraction of sp³-hybridized carbons (Fsp3) is 0.591. The van der Waals surface area contributed by atoms with Gasteiger partial charge in [0.15, 0.2) is 0 Å². The quantitative estimate of drug-likeness (QED) is 0.664. The van der Waals surface area contributed by atoms with Gasteiger partial charge < -0.3 is 19.7 Å². The highest BCUT2D eigenvalue weighted by Crippen LogP contribution is 2.52. The molecule has 3 saturated heterocycles. The number of morpholine rings is 1. The fourth-order valence-corrected chi connectivity index (χ4v) is 4.85. The van der Waals surface area contributed by atoms with Crippen molar-refractivity contribution in [3.05, 3.63) is 24.0 Å². The highest BCUT2D eigenvalue weighted by Gasteiger charge is 2.55. The summed E-state index contributed by atoms with van der Waals surface area (Å²) in [6.07, 6.45) is 1.08. The Labute approximate surface area is 186 Å². The first-order valence-corrected chi connectivity index (χ1v) is 11.1. The van der Waals surface area contributed by atoms with Gasteiger partial charge in [0.2, 0.25) is 5.91 Å². The molecule has 3 heterocycles. The zero-order chi connectivity index (χ0) is 22.2. The molecule has 172 valence electrons. The van der Waals surface area contributed by atoms with Gasteiger partial charge in [-0.2, -0.15) is 5.10 Å².